The van der Waals surface area contributed by atoms with Crippen molar-refractivity contribution in [1.82, 2.24) is 5.32 Å². The summed E-state index contributed by atoms with van der Waals surface area (Å²) in [5.74, 6) is -1.20. The summed E-state index contributed by atoms with van der Waals surface area (Å²) in [6.45, 7) is 5.40. The molecule has 0 saturated heterocycles. The van der Waals surface area contributed by atoms with Crippen molar-refractivity contribution in [2.24, 2.45) is 5.41 Å². The molecule has 0 aliphatic heterocycles. The van der Waals surface area contributed by atoms with Crippen LogP contribution in [-0.4, -0.2) is 23.0 Å². The molecule has 0 aromatic heterocycles. The van der Waals surface area contributed by atoms with E-state index in [0.717, 1.165) is 6.42 Å². The molecule has 0 bridgehead atoms. The van der Waals surface area contributed by atoms with E-state index in [1.807, 2.05) is 30.3 Å². The smallest absolute Gasteiger partial charge is 0.326 e. The fourth-order valence-corrected chi connectivity index (χ4v) is 1.98. The fourth-order valence-electron chi connectivity index (χ4n) is 1.98. The standard InChI is InChI=1S/C16H23NO3/c1-16(2,3)14(15(19)20)17-13(18)11-7-10-12-8-5-4-6-9-12/h4-6,8-9,14H,7,10-11H2,1-3H3,(H,17,18)(H,19,20)/t14-/m1/s1. The molecule has 2 N–H and O–H groups in total. The van der Waals surface area contributed by atoms with Crippen LogP contribution < -0.4 is 5.32 Å². The van der Waals surface area contributed by atoms with E-state index in [1.54, 1.807) is 20.8 Å². The van der Waals surface area contributed by atoms with E-state index in [1.165, 1.54) is 5.56 Å². The predicted octanol–water partition coefficient (Wildman–Crippen LogP) is 2.62. The Morgan fingerprint density at radius 3 is 2.30 bits per heavy atom. The average Bonchev–Trinajstić information content (AvgIpc) is 2.35. The van der Waals surface area contributed by atoms with Gasteiger partial charge in [0, 0.05) is 6.42 Å². The minimum atomic E-state index is -0.992. The average molecular weight is 277 g/mol. The van der Waals surface area contributed by atoms with Crippen molar-refractivity contribution in [2.75, 3.05) is 0 Å². The summed E-state index contributed by atoms with van der Waals surface area (Å²) >= 11 is 0. The molecule has 1 rings (SSSR count). The molecule has 1 aromatic carbocycles. The molecule has 1 aromatic rings. The number of carboxylic acid groups (broad SMARTS) is 1. The highest BCUT2D eigenvalue weighted by Gasteiger charge is 2.32. The lowest BCUT2D eigenvalue weighted by atomic mass is 9.86. The summed E-state index contributed by atoms with van der Waals surface area (Å²) in [4.78, 5) is 23.0. The van der Waals surface area contributed by atoms with E-state index in [9.17, 15) is 9.59 Å². The van der Waals surface area contributed by atoms with Gasteiger partial charge >= 0.3 is 5.97 Å². The van der Waals surface area contributed by atoms with Crippen LogP contribution in [0.15, 0.2) is 30.3 Å². The second-order valence-corrected chi connectivity index (χ2v) is 6.04. The first-order chi connectivity index (χ1) is 9.30. The Morgan fingerprint density at radius 2 is 1.80 bits per heavy atom. The number of hydrogen-bond acceptors (Lipinski definition) is 2. The van der Waals surface area contributed by atoms with Gasteiger partial charge in [0.2, 0.25) is 5.91 Å². The number of rotatable bonds is 6. The van der Waals surface area contributed by atoms with Crippen LogP contribution in [0.1, 0.15) is 39.2 Å². The number of carboxylic acids is 1. The zero-order valence-corrected chi connectivity index (χ0v) is 12.3. The molecule has 4 nitrogen and oxygen atoms in total. The fraction of sp³-hybridized carbons (Fsp3) is 0.500. The summed E-state index contributed by atoms with van der Waals surface area (Å²) in [5.41, 5.74) is 0.687. The number of hydrogen-bond donors (Lipinski definition) is 2. The predicted molar refractivity (Wildman–Crippen MR) is 78.4 cm³/mol. The molecule has 0 heterocycles. The molecule has 20 heavy (non-hydrogen) atoms. The van der Waals surface area contributed by atoms with Gasteiger partial charge in [-0.3, -0.25) is 4.79 Å². The van der Waals surface area contributed by atoms with Crippen LogP contribution in [-0.2, 0) is 16.0 Å². The van der Waals surface area contributed by atoms with Gasteiger partial charge in [0.15, 0.2) is 0 Å². The number of aliphatic carboxylic acids is 1. The highest BCUT2D eigenvalue weighted by molar-refractivity contribution is 5.84. The van der Waals surface area contributed by atoms with Gasteiger partial charge in [-0.25, -0.2) is 4.79 Å². The molecule has 0 radical (unpaired) electrons. The number of benzene rings is 1. The molecule has 0 aliphatic rings. The summed E-state index contributed by atoms with van der Waals surface area (Å²) in [5, 5.41) is 11.8. The van der Waals surface area contributed by atoms with Crippen molar-refractivity contribution in [3.8, 4) is 0 Å². The second-order valence-electron chi connectivity index (χ2n) is 6.04. The summed E-state index contributed by atoms with van der Waals surface area (Å²) in [7, 11) is 0. The van der Waals surface area contributed by atoms with E-state index in [2.05, 4.69) is 5.32 Å². The van der Waals surface area contributed by atoms with Crippen LogP contribution in [0, 0.1) is 5.41 Å². The third-order valence-electron chi connectivity index (χ3n) is 3.13. The van der Waals surface area contributed by atoms with Crippen molar-refractivity contribution in [3.63, 3.8) is 0 Å². The van der Waals surface area contributed by atoms with Crippen molar-refractivity contribution in [3.05, 3.63) is 35.9 Å². The first-order valence-corrected chi connectivity index (χ1v) is 6.87. The second kappa shape index (κ2) is 7.08. The maximum Gasteiger partial charge on any atom is 0.326 e. The number of carbonyl (C=O) groups excluding carboxylic acids is 1. The molecule has 0 spiro atoms. The van der Waals surface area contributed by atoms with Gasteiger partial charge in [0.1, 0.15) is 6.04 Å². The van der Waals surface area contributed by atoms with Gasteiger partial charge < -0.3 is 10.4 Å². The molecule has 0 aliphatic carbocycles. The normalized spacial score (nSPS) is 12.8. The lowest BCUT2D eigenvalue weighted by Gasteiger charge is -2.27. The molecule has 4 heteroatoms. The zero-order valence-electron chi connectivity index (χ0n) is 12.3. The molecule has 0 fully saturated rings. The van der Waals surface area contributed by atoms with Gasteiger partial charge in [-0.15, -0.1) is 0 Å². The third-order valence-corrected chi connectivity index (χ3v) is 3.13. The van der Waals surface area contributed by atoms with Crippen molar-refractivity contribution >= 4 is 11.9 Å². The summed E-state index contributed by atoms with van der Waals surface area (Å²) in [6.07, 6.45) is 1.88. The molecule has 110 valence electrons. The Labute approximate surface area is 120 Å². The van der Waals surface area contributed by atoms with Crippen LogP contribution in [0.3, 0.4) is 0 Å². The summed E-state index contributed by atoms with van der Waals surface area (Å²) < 4.78 is 0. The lowest BCUT2D eigenvalue weighted by molar-refractivity contribution is -0.144. The van der Waals surface area contributed by atoms with Crippen molar-refractivity contribution in [1.29, 1.82) is 0 Å². The Kier molecular flexibility index (Phi) is 5.74. The van der Waals surface area contributed by atoms with E-state index >= 15 is 0 Å². The molecule has 0 saturated carbocycles. The monoisotopic (exact) mass is 277 g/mol. The highest BCUT2D eigenvalue weighted by atomic mass is 16.4. The Balaban J connectivity index is 2.41. The number of carbonyl (C=O) groups is 2. The minimum Gasteiger partial charge on any atom is -0.480 e. The van der Waals surface area contributed by atoms with Crippen molar-refractivity contribution < 1.29 is 14.7 Å². The van der Waals surface area contributed by atoms with E-state index in [4.69, 9.17) is 5.11 Å². The SMILES string of the molecule is CC(C)(C)[C@H](NC(=O)CCCc1ccccc1)C(=O)O. The van der Waals surface area contributed by atoms with Crippen LogP contribution >= 0.6 is 0 Å². The first-order valence-electron chi connectivity index (χ1n) is 6.87. The van der Waals surface area contributed by atoms with E-state index in [0.29, 0.717) is 12.8 Å². The van der Waals surface area contributed by atoms with E-state index < -0.39 is 17.4 Å². The van der Waals surface area contributed by atoms with Crippen LogP contribution in [0.2, 0.25) is 0 Å². The Morgan fingerprint density at radius 1 is 1.20 bits per heavy atom. The topological polar surface area (TPSA) is 66.4 Å². The molecule has 1 amide bonds. The Bertz CT molecular complexity index is 449. The zero-order chi connectivity index (χ0) is 15.2. The van der Waals surface area contributed by atoms with Crippen molar-refractivity contribution in [2.45, 2.75) is 46.1 Å². The van der Waals surface area contributed by atoms with Crippen LogP contribution in [0.25, 0.3) is 0 Å². The van der Waals surface area contributed by atoms with Crippen LogP contribution in [0.4, 0.5) is 0 Å². The first kappa shape index (κ1) is 16.2. The van der Waals surface area contributed by atoms with Gasteiger partial charge in [0.25, 0.3) is 0 Å². The minimum absolute atomic E-state index is 0.205. The maximum absolute atomic E-state index is 11.8. The van der Waals surface area contributed by atoms with Gasteiger partial charge in [0.05, 0.1) is 0 Å². The quantitative estimate of drug-likeness (QED) is 0.840. The maximum atomic E-state index is 11.8. The number of aryl methyl sites for hydroxylation is 1. The molecule has 0 unspecified atom stereocenters. The lowest BCUT2D eigenvalue weighted by Crippen LogP contribution is -2.49. The largest absolute Gasteiger partial charge is 0.480 e. The van der Waals surface area contributed by atoms with Gasteiger partial charge in [-0.1, -0.05) is 51.1 Å². The molecular formula is C16H23NO3. The van der Waals surface area contributed by atoms with Gasteiger partial charge in [-0.05, 0) is 23.8 Å². The number of amides is 1. The highest BCUT2D eigenvalue weighted by Crippen LogP contribution is 2.19. The number of nitrogens with one attached hydrogen (secondary N) is 1. The molecular weight excluding hydrogens is 254 g/mol. The third kappa shape index (κ3) is 5.43. The van der Waals surface area contributed by atoms with Gasteiger partial charge in [-0.2, -0.15) is 0 Å². The summed E-state index contributed by atoms with van der Waals surface area (Å²) in [6, 6.07) is 9.08. The van der Waals surface area contributed by atoms with Crippen LogP contribution in [0.5, 0.6) is 0 Å². The molecule has 1 atom stereocenters. The Hall–Kier alpha value is -1.84. The van der Waals surface area contributed by atoms with E-state index in [-0.39, 0.29) is 5.91 Å².